The highest BCUT2D eigenvalue weighted by Crippen LogP contribution is 2.34. The molecule has 0 aliphatic carbocycles. The second kappa shape index (κ2) is 8.06. The maximum absolute atomic E-state index is 12.3. The van der Waals surface area contributed by atoms with Gasteiger partial charge in [0.05, 0.1) is 21.3 Å². The summed E-state index contributed by atoms with van der Waals surface area (Å²) in [5.74, 6) is -0.868. The van der Waals surface area contributed by atoms with Gasteiger partial charge in [-0.25, -0.2) is 4.79 Å². The van der Waals surface area contributed by atoms with Crippen LogP contribution in [0.4, 0.5) is 16.2 Å². The van der Waals surface area contributed by atoms with E-state index >= 15 is 0 Å². The fourth-order valence-corrected chi connectivity index (χ4v) is 3.28. The lowest BCUT2D eigenvalue weighted by Gasteiger charge is -2.09. The summed E-state index contributed by atoms with van der Waals surface area (Å²) in [6.07, 6.45) is 3.52. The first-order valence-electron chi connectivity index (χ1n) is 8.79. The molecule has 0 saturated carbocycles. The van der Waals surface area contributed by atoms with Gasteiger partial charge in [-0.3, -0.25) is 14.9 Å². The lowest BCUT2D eigenvalue weighted by Crippen LogP contribution is -2.34. The van der Waals surface area contributed by atoms with Gasteiger partial charge in [0.25, 0.3) is 11.8 Å². The van der Waals surface area contributed by atoms with Crippen LogP contribution < -0.4 is 16.0 Å². The summed E-state index contributed by atoms with van der Waals surface area (Å²) in [6.45, 7) is 0. The molecule has 0 bridgehead atoms. The number of carbonyl (C=O) groups is 3. The first-order valence-corrected chi connectivity index (χ1v) is 9.54. The molecule has 0 unspecified atom stereocenters. The number of carbonyl (C=O) groups excluding carboxylic acids is 3. The van der Waals surface area contributed by atoms with Crippen LogP contribution in [0, 0.1) is 0 Å². The van der Waals surface area contributed by atoms with Crippen molar-refractivity contribution >= 4 is 64.1 Å². The van der Waals surface area contributed by atoms with Crippen LogP contribution in [0.25, 0.3) is 11.6 Å². The Labute approximate surface area is 181 Å². The van der Waals surface area contributed by atoms with E-state index in [-0.39, 0.29) is 16.5 Å². The average molecular weight is 441 g/mol. The topological polar surface area (TPSA) is 103 Å². The molecular formula is C21H14Cl2N4O3. The molecule has 1 aliphatic rings. The number of nitrogens with one attached hydrogen (secondary N) is 4. The highest BCUT2D eigenvalue weighted by molar-refractivity contribution is 6.42. The lowest BCUT2D eigenvalue weighted by molar-refractivity contribution is -0.110. The molecule has 0 atom stereocenters. The van der Waals surface area contributed by atoms with E-state index in [1.807, 2.05) is 12.1 Å². The zero-order valence-electron chi connectivity index (χ0n) is 15.3. The van der Waals surface area contributed by atoms with Crippen molar-refractivity contribution in [2.24, 2.45) is 0 Å². The Morgan fingerprint density at radius 2 is 1.83 bits per heavy atom. The number of aromatic nitrogens is 1. The monoisotopic (exact) mass is 440 g/mol. The summed E-state index contributed by atoms with van der Waals surface area (Å²) >= 11 is 11.7. The maximum Gasteiger partial charge on any atom is 0.326 e. The number of hydrogen-bond donors (Lipinski definition) is 4. The molecule has 9 heteroatoms. The summed E-state index contributed by atoms with van der Waals surface area (Å²) in [6, 6.07) is 12.2. The SMILES string of the molecule is O=C(NC(=O)c1ccc(Cl)c(Cl)c1)Nc1ccc2c(c1)NC(=O)/C2=C\c1ccc[nH]1. The highest BCUT2D eigenvalue weighted by Gasteiger charge is 2.24. The van der Waals surface area contributed by atoms with E-state index in [9.17, 15) is 14.4 Å². The van der Waals surface area contributed by atoms with Crippen molar-refractivity contribution in [3.05, 3.63) is 81.6 Å². The van der Waals surface area contributed by atoms with Crippen LogP contribution in [0.5, 0.6) is 0 Å². The maximum atomic E-state index is 12.3. The molecule has 2 heterocycles. The molecular weight excluding hydrogens is 427 g/mol. The number of fused-ring (bicyclic) bond motifs is 1. The van der Waals surface area contributed by atoms with Gasteiger partial charge in [-0.05, 0) is 48.5 Å². The van der Waals surface area contributed by atoms with E-state index in [4.69, 9.17) is 23.2 Å². The molecule has 1 aliphatic heterocycles. The quantitative estimate of drug-likeness (QED) is 0.440. The molecule has 0 fully saturated rings. The Morgan fingerprint density at radius 3 is 2.57 bits per heavy atom. The van der Waals surface area contributed by atoms with Gasteiger partial charge in [-0.2, -0.15) is 0 Å². The Morgan fingerprint density at radius 1 is 1.00 bits per heavy atom. The summed E-state index contributed by atoms with van der Waals surface area (Å²) in [4.78, 5) is 39.7. The van der Waals surface area contributed by atoms with Crippen molar-refractivity contribution in [2.45, 2.75) is 0 Å². The van der Waals surface area contributed by atoms with Gasteiger partial charge >= 0.3 is 6.03 Å². The molecule has 4 amide bonds. The fourth-order valence-electron chi connectivity index (χ4n) is 2.98. The minimum atomic E-state index is -0.725. The van der Waals surface area contributed by atoms with Gasteiger partial charge in [0.1, 0.15) is 0 Å². The number of benzene rings is 2. The number of urea groups is 1. The van der Waals surface area contributed by atoms with Gasteiger partial charge in [-0.1, -0.05) is 29.3 Å². The van der Waals surface area contributed by atoms with Crippen molar-refractivity contribution < 1.29 is 14.4 Å². The molecule has 150 valence electrons. The molecule has 0 saturated heterocycles. The highest BCUT2D eigenvalue weighted by atomic mass is 35.5. The van der Waals surface area contributed by atoms with Gasteiger partial charge in [-0.15, -0.1) is 0 Å². The number of imide groups is 1. The number of hydrogen-bond acceptors (Lipinski definition) is 3. The summed E-state index contributed by atoms with van der Waals surface area (Å²) in [5, 5.41) is 8.06. The number of rotatable bonds is 3. The van der Waals surface area contributed by atoms with Crippen molar-refractivity contribution in [1.82, 2.24) is 10.3 Å². The van der Waals surface area contributed by atoms with E-state index < -0.39 is 11.9 Å². The van der Waals surface area contributed by atoms with Gasteiger partial charge < -0.3 is 15.6 Å². The van der Waals surface area contributed by atoms with E-state index in [1.54, 1.807) is 30.5 Å². The number of aromatic amines is 1. The van der Waals surface area contributed by atoms with E-state index in [2.05, 4.69) is 20.9 Å². The van der Waals surface area contributed by atoms with Crippen LogP contribution in [0.3, 0.4) is 0 Å². The van der Waals surface area contributed by atoms with E-state index in [0.29, 0.717) is 27.5 Å². The molecule has 2 aromatic carbocycles. The molecule has 30 heavy (non-hydrogen) atoms. The second-order valence-electron chi connectivity index (χ2n) is 6.44. The Balaban J connectivity index is 1.46. The molecule has 0 spiro atoms. The van der Waals surface area contributed by atoms with Crippen LogP contribution in [-0.2, 0) is 4.79 Å². The molecule has 0 radical (unpaired) electrons. The largest absolute Gasteiger partial charge is 0.362 e. The fraction of sp³-hybridized carbons (Fsp3) is 0. The van der Waals surface area contributed by atoms with E-state index in [0.717, 1.165) is 5.69 Å². The third-order valence-corrected chi connectivity index (χ3v) is 5.13. The van der Waals surface area contributed by atoms with E-state index in [1.165, 1.54) is 18.2 Å². The number of H-pyrrole nitrogens is 1. The number of anilines is 2. The zero-order valence-corrected chi connectivity index (χ0v) is 16.8. The second-order valence-corrected chi connectivity index (χ2v) is 7.25. The van der Waals surface area contributed by atoms with Crippen molar-refractivity contribution in [3.8, 4) is 0 Å². The lowest BCUT2D eigenvalue weighted by atomic mass is 10.1. The molecule has 7 nitrogen and oxygen atoms in total. The summed E-state index contributed by atoms with van der Waals surface area (Å²) in [7, 11) is 0. The minimum Gasteiger partial charge on any atom is -0.362 e. The molecule has 4 rings (SSSR count). The first-order chi connectivity index (χ1) is 14.4. The normalized spacial score (nSPS) is 13.7. The Bertz CT molecular complexity index is 1200. The van der Waals surface area contributed by atoms with Crippen LogP contribution in [0.2, 0.25) is 10.0 Å². The van der Waals surface area contributed by atoms with Gasteiger partial charge in [0.15, 0.2) is 0 Å². The number of halogens is 2. The van der Waals surface area contributed by atoms with Crippen LogP contribution >= 0.6 is 23.2 Å². The van der Waals surface area contributed by atoms with Crippen LogP contribution in [0.1, 0.15) is 21.6 Å². The van der Waals surface area contributed by atoms with Crippen molar-refractivity contribution in [1.29, 1.82) is 0 Å². The van der Waals surface area contributed by atoms with Crippen LogP contribution in [0.15, 0.2) is 54.7 Å². The standard InChI is InChI=1S/C21H14Cl2N4O3/c22-16-6-3-11(8-17(16)23)19(28)27-21(30)25-13-4-5-14-15(9-12-2-1-7-24-12)20(29)26-18(14)10-13/h1-10,24H,(H,26,29)(H2,25,27,28,30)/b15-9-. The molecule has 3 aromatic rings. The third kappa shape index (κ3) is 4.07. The third-order valence-electron chi connectivity index (χ3n) is 4.39. The van der Waals surface area contributed by atoms with Gasteiger partial charge in [0.2, 0.25) is 0 Å². The molecule has 1 aromatic heterocycles. The Hall–Kier alpha value is -3.55. The predicted molar refractivity (Wildman–Crippen MR) is 117 cm³/mol. The van der Waals surface area contributed by atoms with Crippen molar-refractivity contribution in [2.75, 3.05) is 10.6 Å². The Kier molecular flexibility index (Phi) is 5.31. The van der Waals surface area contributed by atoms with Crippen molar-refractivity contribution in [3.63, 3.8) is 0 Å². The van der Waals surface area contributed by atoms with Gasteiger partial charge in [0, 0.05) is 28.7 Å². The first kappa shape index (κ1) is 19.8. The smallest absolute Gasteiger partial charge is 0.326 e. The molecule has 4 N–H and O–H groups in total. The van der Waals surface area contributed by atoms with Crippen LogP contribution in [-0.4, -0.2) is 22.8 Å². The summed E-state index contributed by atoms with van der Waals surface area (Å²) in [5.41, 5.74) is 3.20. The predicted octanol–water partition coefficient (Wildman–Crippen LogP) is 4.78. The number of amides is 4. The minimum absolute atomic E-state index is 0.194. The zero-order chi connectivity index (χ0) is 21.3. The average Bonchev–Trinajstić information content (AvgIpc) is 3.32. The summed E-state index contributed by atoms with van der Waals surface area (Å²) < 4.78 is 0.